The number of nitrogens with zero attached hydrogens (tertiary/aromatic N) is 2. The first kappa shape index (κ1) is 15.4. The van der Waals surface area contributed by atoms with Crippen LogP contribution in [-0.4, -0.2) is 34.6 Å². The molecule has 0 radical (unpaired) electrons. The van der Waals surface area contributed by atoms with Crippen molar-refractivity contribution in [3.05, 3.63) is 29.0 Å². The van der Waals surface area contributed by atoms with Gasteiger partial charge in [0.2, 0.25) is 0 Å². The van der Waals surface area contributed by atoms with Crippen LogP contribution < -0.4 is 5.73 Å². The van der Waals surface area contributed by atoms with Gasteiger partial charge in [-0.05, 0) is 45.0 Å². The lowest BCUT2D eigenvalue weighted by molar-refractivity contribution is 0.106. The zero-order valence-corrected chi connectivity index (χ0v) is 12.5. The Balaban J connectivity index is 2.81. The Morgan fingerprint density at radius 1 is 1.39 bits per heavy atom. The van der Waals surface area contributed by atoms with Gasteiger partial charge in [0, 0.05) is 24.0 Å². The van der Waals surface area contributed by atoms with Crippen molar-refractivity contribution in [3.8, 4) is 0 Å². The average molecular weight is 270 g/mol. The van der Waals surface area contributed by atoms with Crippen LogP contribution in [0.25, 0.3) is 0 Å². The summed E-state index contributed by atoms with van der Waals surface area (Å²) in [5, 5.41) is 0.697. The van der Waals surface area contributed by atoms with E-state index in [0.29, 0.717) is 5.02 Å². The highest BCUT2D eigenvalue weighted by Crippen LogP contribution is 2.23. The Morgan fingerprint density at radius 3 is 2.50 bits per heavy atom. The van der Waals surface area contributed by atoms with E-state index in [-0.39, 0.29) is 11.6 Å². The number of aromatic nitrogens is 1. The summed E-state index contributed by atoms with van der Waals surface area (Å²) in [6.45, 7) is 10.7. The molecule has 1 heterocycles. The van der Waals surface area contributed by atoms with E-state index in [1.807, 2.05) is 6.07 Å². The van der Waals surface area contributed by atoms with Gasteiger partial charge in [-0.25, -0.2) is 0 Å². The summed E-state index contributed by atoms with van der Waals surface area (Å²) in [6, 6.07) is 1.98. The van der Waals surface area contributed by atoms with Gasteiger partial charge in [-0.1, -0.05) is 25.4 Å². The Bertz CT molecular complexity index is 375. The van der Waals surface area contributed by atoms with Crippen LogP contribution in [0.2, 0.25) is 5.02 Å². The number of likely N-dealkylation sites (N-methyl/N-ethyl adjacent to an activating group) is 1. The molecule has 0 fully saturated rings. The maximum absolute atomic E-state index is 6.38. The largest absolute Gasteiger partial charge is 0.326 e. The molecule has 0 aromatic carbocycles. The molecule has 0 aliphatic carbocycles. The van der Waals surface area contributed by atoms with Crippen LogP contribution in [0.15, 0.2) is 18.5 Å². The van der Waals surface area contributed by atoms with Crippen molar-refractivity contribution in [1.82, 2.24) is 9.88 Å². The van der Waals surface area contributed by atoms with Crippen molar-refractivity contribution < 1.29 is 0 Å². The van der Waals surface area contributed by atoms with Gasteiger partial charge in [0.1, 0.15) is 0 Å². The van der Waals surface area contributed by atoms with Gasteiger partial charge < -0.3 is 5.73 Å². The molecule has 1 atom stereocenters. The van der Waals surface area contributed by atoms with Gasteiger partial charge in [0.15, 0.2) is 0 Å². The smallest absolute Gasteiger partial charge is 0.0621 e. The molecule has 0 aliphatic heterocycles. The number of hydrogen-bond acceptors (Lipinski definition) is 3. The molecule has 0 saturated heterocycles. The van der Waals surface area contributed by atoms with Gasteiger partial charge in [-0.2, -0.15) is 0 Å². The van der Waals surface area contributed by atoms with Crippen molar-refractivity contribution in [2.24, 2.45) is 5.73 Å². The highest BCUT2D eigenvalue weighted by molar-refractivity contribution is 6.31. The molecule has 0 spiro atoms. The fraction of sp³-hybridized carbons (Fsp3) is 0.643. The van der Waals surface area contributed by atoms with Crippen LogP contribution in [0.3, 0.4) is 0 Å². The topological polar surface area (TPSA) is 42.1 Å². The molecule has 0 bridgehead atoms. The van der Waals surface area contributed by atoms with E-state index in [1.54, 1.807) is 12.4 Å². The zero-order valence-electron chi connectivity index (χ0n) is 11.8. The summed E-state index contributed by atoms with van der Waals surface area (Å²) < 4.78 is 0. The molecular formula is C14H24ClN3. The molecule has 3 nitrogen and oxygen atoms in total. The van der Waals surface area contributed by atoms with E-state index < -0.39 is 0 Å². The summed E-state index contributed by atoms with van der Waals surface area (Å²) in [7, 11) is 0. The molecule has 0 saturated carbocycles. The van der Waals surface area contributed by atoms with Gasteiger partial charge in [0.05, 0.1) is 5.02 Å². The molecule has 0 aliphatic rings. The maximum Gasteiger partial charge on any atom is 0.0621 e. The summed E-state index contributed by atoms with van der Waals surface area (Å²) >= 11 is 6.13. The normalized spacial score (nSPS) is 13.9. The lowest BCUT2D eigenvalue weighted by Gasteiger charge is -2.42. The minimum Gasteiger partial charge on any atom is -0.326 e. The monoisotopic (exact) mass is 269 g/mol. The van der Waals surface area contributed by atoms with Gasteiger partial charge in [-0.3, -0.25) is 9.88 Å². The quantitative estimate of drug-likeness (QED) is 0.863. The minimum atomic E-state index is -0.0455. The second kappa shape index (κ2) is 6.50. The number of hydrogen-bond donors (Lipinski definition) is 1. The summed E-state index contributed by atoms with van der Waals surface area (Å²) in [5.74, 6) is 0. The molecule has 0 amide bonds. The number of halogens is 1. The van der Waals surface area contributed by atoms with E-state index in [9.17, 15) is 0 Å². The summed E-state index contributed by atoms with van der Waals surface area (Å²) in [5.41, 5.74) is 7.41. The molecule has 1 unspecified atom stereocenters. The third-order valence-corrected chi connectivity index (χ3v) is 4.12. The SMILES string of the molecule is CCN(CC)C(C)(C)C(N)Cc1ccncc1Cl. The lowest BCUT2D eigenvalue weighted by Crippen LogP contribution is -2.56. The van der Waals surface area contributed by atoms with Crippen molar-refractivity contribution in [2.45, 2.75) is 45.7 Å². The average Bonchev–Trinajstić information content (AvgIpc) is 2.33. The molecule has 1 rings (SSSR count). The van der Waals surface area contributed by atoms with Crippen molar-refractivity contribution in [1.29, 1.82) is 0 Å². The van der Waals surface area contributed by atoms with Crippen LogP contribution >= 0.6 is 11.6 Å². The van der Waals surface area contributed by atoms with Gasteiger partial charge in [0.25, 0.3) is 0 Å². The molecular weight excluding hydrogens is 246 g/mol. The van der Waals surface area contributed by atoms with Crippen molar-refractivity contribution in [2.75, 3.05) is 13.1 Å². The standard InChI is InChI=1S/C14H24ClN3/c1-5-18(6-2)14(3,4)13(16)9-11-7-8-17-10-12(11)15/h7-8,10,13H,5-6,9,16H2,1-4H3. The Kier molecular flexibility index (Phi) is 5.57. The first-order valence-corrected chi connectivity index (χ1v) is 6.90. The predicted octanol–water partition coefficient (Wildman–Crippen LogP) is 2.73. The van der Waals surface area contributed by atoms with E-state index in [1.165, 1.54) is 0 Å². The highest BCUT2D eigenvalue weighted by atomic mass is 35.5. The Hall–Kier alpha value is -0.640. The maximum atomic E-state index is 6.38. The van der Waals surface area contributed by atoms with Gasteiger partial charge >= 0.3 is 0 Å². The van der Waals surface area contributed by atoms with E-state index in [4.69, 9.17) is 17.3 Å². The summed E-state index contributed by atoms with van der Waals surface area (Å²) in [4.78, 5) is 6.38. The predicted molar refractivity (Wildman–Crippen MR) is 77.9 cm³/mol. The second-order valence-corrected chi connectivity index (χ2v) is 5.51. The van der Waals surface area contributed by atoms with E-state index >= 15 is 0 Å². The molecule has 2 N–H and O–H groups in total. The second-order valence-electron chi connectivity index (χ2n) is 5.10. The summed E-state index contributed by atoms with van der Waals surface area (Å²) in [6.07, 6.45) is 4.21. The third-order valence-electron chi connectivity index (χ3n) is 3.78. The molecule has 18 heavy (non-hydrogen) atoms. The number of nitrogens with two attached hydrogens (primary N) is 1. The van der Waals surface area contributed by atoms with E-state index in [0.717, 1.165) is 25.1 Å². The van der Waals surface area contributed by atoms with Crippen LogP contribution in [0.5, 0.6) is 0 Å². The number of pyridine rings is 1. The fourth-order valence-corrected chi connectivity index (χ4v) is 2.53. The van der Waals surface area contributed by atoms with Crippen LogP contribution in [0.1, 0.15) is 33.3 Å². The Morgan fingerprint density at radius 2 is 2.00 bits per heavy atom. The molecule has 1 aromatic heterocycles. The van der Waals surface area contributed by atoms with Gasteiger partial charge in [-0.15, -0.1) is 0 Å². The fourth-order valence-electron chi connectivity index (χ4n) is 2.33. The number of rotatable bonds is 6. The minimum absolute atomic E-state index is 0.0392. The van der Waals surface area contributed by atoms with Crippen LogP contribution in [0, 0.1) is 0 Å². The molecule has 102 valence electrons. The highest BCUT2D eigenvalue weighted by Gasteiger charge is 2.31. The van der Waals surface area contributed by atoms with Crippen molar-refractivity contribution in [3.63, 3.8) is 0 Å². The third kappa shape index (κ3) is 3.44. The van der Waals surface area contributed by atoms with Crippen LogP contribution in [-0.2, 0) is 6.42 Å². The first-order chi connectivity index (χ1) is 8.43. The first-order valence-electron chi connectivity index (χ1n) is 6.52. The lowest BCUT2D eigenvalue weighted by atomic mass is 9.88. The molecule has 4 heteroatoms. The Labute approximate surface area is 115 Å². The zero-order chi connectivity index (χ0) is 13.8. The van der Waals surface area contributed by atoms with Crippen molar-refractivity contribution >= 4 is 11.6 Å². The molecule has 1 aromatic rings. The van der Waals surface area contributed by atoms with E-state index in [2.05, 4.69) is 37.6 Å². The van der Waals surface area contributed by atoms with Crippen LogP contribution in [0.4, 0.5) is 0 Å².